The first kappa shape index (κ1) is 28.2. The smallest absolute Gasteiger partial charge is 0.165 e. The number of ether oxygens (including phenoxy) is 1. The minimum atomic E-state index is 0.661. The van der Waals surface area contributed by atoms with Gasteiger partial charge in [-0.15, -0.1) is 11.3 Å². The first-order valence-electron chi connectivity index (χ1n) is 16.9. The molecule has 10 aromatic rings. The predicted octanol–water partition coefficient (Wildman–Crippen LogP) is 12.1. The third-order valence-corrected chi connectivity index (χ3v) is 11.1. The molecule has 0 aliphatic carbocycles. The Hall–Kier alpha value is -6.63. The number of nitrogens with zero attached hydrogens (tertiary/aromatic N) is 4. The van der Waals surface area contributed by atoms with Crippen molar-refractivity contribution in [1.82, 2.24) is 19.5 Å². The standard InChI is InChI=1S/C45H26N4OS/c1-3-11-27(12-4-1)43-46-44(28-13-5-2-6-14-28)48-45(47-43)33-17-9-16-32-35-26-30(22-24-40(35)51-42(32)33)29-21-23-36-34(25-29)31-15-10-20-39-41(31)49(36)37-18-7-8-19-38(37)50-39/h1-26H. The van der Waals surface area contributed by atoms with Gasteiger partial charge in [0.25, 0.3) is 0 Å². The molecule has 0 radical (unpaired) electrons. The van der Waals surface area contributed by atoms with E-state index < -0.39 is 0 Å². The van der Waals surface area contributed by atoms with Crippen LogP contribution in [0.5, 0.6) is 11.5 Å². The van der Waals surface area contributed by atoms with E-state index in [-0.39, 0.29) is 0 Å². The first-order chi connectivity index (χ1) is 25.3. The van der Waals surface area contributed by atoms with E-state index in [1.54, 1.807) is 11.3 Å². The summed E-state index contributed by atoms with van der Waals surface area (Å²) in [5.74, 6) is 3.75. The van der Waals surface area contributed by atoms with Crippen molar-refractivity contribution in [3.63, 3.8) is 0 Å². The summed E-state index contributed by atoms with van der Waals surface area (Å²) in [7, 11) is 0. The zero-order valence-corrected chi connectivity index (χ0v) is 27.9. The molecule has 1 aliphatic heterocycles. The Balaban J connectivity index is 1.07. The highest BCUT2D eigenvalue weighted by molar-refractivity contribution is 7.26. The molecule has 6 heteroatoms. The third-order valence-electron chi connectivity index (χ3n) is 9.85. The summed E-state index contributed by atoms with van der Waals surface area (Å²) in [4.78, 5) is 15.0. The van der Waals surface area contributed by atoms with E-state index in [0.717, 1.165) is 44.1 Å². The lowest BCUT2D eigenvalue weighted by molar-refractivity contribution is 0.476. The van der Waals surface area contributed by atoms with E-state index in [1.165, 1.54) is 42.9 Å². The van der Waals surface area contributed by atoms with Crippen molar-refractivity contribution in [2.24, 2.45) is 0 Å². The van der Waals surface area contributed by atoms with E-state index in [4.69, 9.17) is 19.7 Å². The minimum absolute atomic E-state index is 0.661. The zero-order chi connectivity index (χ0) is 33.5. The van der Waals surface area contributed by atoms with Crippen LogP contribution >= 0.6 is 11.3 Å². The van der Waals surface area contributed by atoms with Crippen LogP contribution in [0.4, 0.5) is 0 Å². The second-order valence-electron chi connectivity index (χ2n) is 12.8. The quantitative estimate of drug-likeness (QED) is 0.187. The van der Waals surface area contributed by atoms with Crippen LogP contribution in [0.15, 0.2) is 158 Å². The van der Waals surface area contributed by atoms with Gasteiger partial charge in [-0.05, 0) is 59.7 Å². The van der Waals surface area contributed by atoms with Gasteiger partial charge in [-0.2, -0.15) is 0 Å². The van der Waals surface area contributed by atoms with E-state index in [9.17, 15) is 0 Å². The molecule has 5 nitrogen and oxygen atoms in total. The van der Waals surface area contributed by atoms with E-state index in [1.807, 2.05) is 72.8 Å². The SMILES string of the molecule is c1ccc(-c2nc(-c3ccccc3)nc(-c3cccc4c3sc3ccc(-c5ccc6c(c5)c5cccc7c5n6-c5ccccc5O7)cc34)n2)cc1. The Kier molecular flexibility index (Phi) is 6.05. The maximum atomic E-state index is 6.34. The molecule has 11 rings (SSSR count). The fourth-order valence-corrected chi connectivity index (χ4v) is 8.67. The summed E-state index contributed by atoms with van der Waals surface area (Å²) >= 11 is 1.79. The second-order valence-corrected chi connectivity index (χ2v) is 13.9. The Morgan fingerprint density at radius 3 is 1.86 bits per heavy atom. The molecule has 51 heavy (non-hydrogen) atoms. The van der Waals surface area contributed by atoms with Gasteiger partial charge in [-0.3, -0.25) is 0 Å². The lowest BCUT2D eigenvalue weighted by Gasteiger charge is -2.20. The van der Waals surface area contributed by atoms with Gasteiger partial charge < -0.3 is 9.30 Å². The molecule has 0 amide bonds. The Morgan fingerprint density at radius 1 is 0.451 bits per heavy atom. The zero-order valence-electron chi connectivity index (χ0n) is 27.1. The first-order valence-corrected chi connectivity index (χ1v) is 17.8. The molecule has 0 N–H and O–H groups in total. The average Bonchev–Trinajstić information content (AvgIpc) is 3.75. The number of thiophene rings is 1. The normalized spacial score (nSPS) is 12.1. The molecule has 0 atom stereocenters. The van der Waals surface area contributed by atoms with Crippen molar-refractivity contribution in [2.45, 2.75) is 0 Å². The van der Waals surface area contributed by atoms with Crippen LogP contribution < -0.4 is 4.74 Å². The summed E-state index contributed by atoms with van der Waals surface area (Å²) in [6, 6.07) is 55.0. The van der Waals surface area contributed by atoms with E-state index in [0.29, 0.717) is 17.5 Å². The molecule has 0 bridgehead atoms. The molecule has 238 valence electrons. The van der Waals surface area contributed by atoms with Crippen molar-refractivity contribution in [3.8, 4) is 62.5 Å². The van der Waals surface area contributed by atoms with E-state index >= 15 is 0 Å². The number of aromatic nitrogens is 4. The molecule has 4 heterocycles. The third kappa shape index (κ3) is 4.37. The summed E-state index contributed by atoms with van der Waals surface area (Å²) in [5, 5.41) is 4.81. The van der Waals surface area contributed by atoms with Gasteiger partial charge in [0.05, 0.1) is 16.7 Å². The number of fused-ring (bicyclic) bond motifs is 8. The molecule has 0 saturated heterocycles. The average molecular weight is 671 g/mol. The summed E-state index contributed by atoms with van der Waals surface area (Å²) in [6.07, 6.45) is 0. The van der Waals surface area contributed by atoms with Gasteiger partial charge in [0, 0.05) is 47.6 Å². The van der Waals surface area contributed by atoms with Crippen LogP contribution in [0.2, 0.25) is 0 Å². The monoisotopic (exact) mass is 670 g/mol. The fraction of sp³-hybridized carbons (Fsp3) is 0. The highest BCUT2D eigenvalue weighted by atomic mass is 32.1. The van der Waals surface area contributed by atoms with Crippen molar-refractivity contribution in [1.29, 1.82) is 0 Å². The Bertz CT molecular complexity index is 2940. The number of hydrogen-bond donors (Lipinski definition) is 0. The Labute approximate surface area is 296 Å². The molecular weight excluding hydrogens is 645 g/mol. The number of hydrogen-bond acceptors (Lipinski definition) is 5. The van der Waals surface area contributed by atoms with Crippen LogP contribution in [0.1, 0.15) is 0 Å². The van der Waals surface area contributed by atoms with Crippen LogP contribution in [0, 0.1) is 0 Å². The maximum absolute atomic E-state index is 6.34. The topological polar surface area (TPSA) is 52.8 Å². The summed E-state index contributed by atoms with van der Waals surface area (Å²) in [5.41, 5.74) is 8.62. The molecule has 3 aromatic heterocycles. The minimum Gasteiger partial charge on any atom is -0.453 e. The van der Waals surface area contributed by atoms with Gasteiger partial charge >= 0.3 is 0 Å². The number of rotatable bonds is 4. The van der Waals surface area contributed by atoms with E-state index in [2.05, 4.69) is 89.5 Å². The molecule has 7 aromatic carbocycles. The lowest BCUT2D eigenvalue weighted by Crippen LogP contribution is -2.03. The largest absolute Gasteiger partial charge is 0.453 e. The molecular formula is C45H26N4OS. The molecule has 0 saturated carbocycles. The summed E-state index contributed by atoms with van der Waals surface area (Å²) in [6.45, 7) is 0. The van der Waals surface area contributed by atoms with Crippen LogP contribution in [0.3, 0.4) is 0 Å². The predicted molar refractivity (Wildman–Crippen MR) is 209 cm³/mol. The fourth-order valence-electron chi connectivity index (χ4n) is 7.48. The lowest BCUT2D eigenvalue weighted by atomic mass is 10.00. The highest BCUT2D eigenvalue weighted by Crippen LogP contribution is 2.46. The van der Waals surface area contributed by atoms with Gasteiger partial charge in [0.15, 0.2) is 29.0 Å². The highest BCUT2D eigenvalue weighted by Gasteiger charge is 2.24. The maximum Gasteiger partial charge on any atom is 0.165 e. The Morgan fingerprint density at radius 2 is 1.08 bits per heavy atom. The molecule has 0 fully saturated rings. The summed E-state index contributed by atoms with van der Waals surface area (Å²) < 4.78 is 11.1. The van der Waals surface area contributed by atoms with Gasteiger partial charge in [-0.1, -0.05) is 109 Å². The molecule has 0 spiro atoms. The van der Waals surface area contributed by atoms with Crippen molar-refractivity contribution >= 4 is 53.3 Å². The van der Waals surface area contributed by atoms with Gasteiger partial charge in [0.2, 0.25) is 0 Å². The van der Waals surface area contributed by atoms with Crippen molar-refractivity contribution in [3.05, 3.63) is 158 Å². The molecule has 0 unspecified atom stereocenters. The van der Waals surface area contributed by atoms with Crippen LogP contribution in [-0.4, -0.2) is 19.5 Å². The second kappa shape index (κ2) is 10.9. The van der Waals surface area contributed by atoms with Gasteiger partial charge in [0.1, 0.15) is 0 Å². The van der Waals surface area contributed by atoms with Crippen LogP contribution in [-0.2, 0) is 0 Å². The van der Waals surface area contributed by atoms with Crippen LogP contribution in [0.25, 0.3) is 93.0 Å². The van der Waals surface area contributed by atoms with Crippen molar-refractivity contribution < 1.29 is 4.74 Å². The number of benzene rings is 7. The number of para-hydroxylation sites is 3. The molecule has 1 aliphatic rings. The van der Waals surface area contributed by atoms with Gasteiger partial charge in [-0.25, -0.2) is 15.0 Å². The van der Waals surface area contributed by atoms with Crippen molar-refractivity contribution in [2.75, 3.05) is 0 Å².